The van der Waals surface area contributed by atoms with E-state index in [0.29, 0.717) is 25.6 Å². The maximum atomic E-state index is 10.7. The molecule has 0 spiro atoms. The van der Waals surface area contributed by atoms with E-state index in [2.05, 4.69) is 46.7 Å². The predicted molar refractivity (Wildman–Crippen MR) is 109 cm³/mol. The molecule has 0 fully saturated rings. The highest BCUT2D eigenvalue weighted by Crippen LogP contribution is 2.22. The van der Waals surface area contributed by atoms with Gasteiger partial charge in [-0.25, -0.2) is 0 Å². The van der Waals surface area contributed by atoms with Crippen molar-refractivity contribution in [3.8, 4) is 5.75 Å². The van der Waals surface area contributed by atoms with E-state index in [9.17, 15) is 10.1 Å². The Morgan fingerprint density at radius 2 is 2.21 bits per heavy atom. The van der Waals surface area contributed by atoms with E-state index in [1.54, 1.807) is 7.05 Å². The van der Waals surface area contributed by atoms with Gasteiger partial charge in [-0.3, -0.25) is 19.8 Å². The summed E-state index contributed by atoms with van der Waals surface area (Å²) < 4.78 is 7.56. The second-order valence-electron chi connectivity index (χ2n) is 6.52. The Hall–Kier alpha value is -3.10. The van der Waals surface area contributed by atoms with Gasteiger partial charge in [-0.15, -0.1) is 0 Å². The highest BCUT2D eigenvalue weighted by molar-refractivity contribution is 5.79. The summed E-state index contributed by atoms with van der Waals surface area (Å²) in [4.78, 5) is 14.4. The predicted octanol–water partition coefficient (Wildman–Crippen LogP) is 2.64. The molecule has 1 atom stereocenters. The van der Waals surface area contributed by atoms with Gasteiger partial charge in [0.2, 0.25) is 0 Å². The van der Waals surface area contributed by atoms with Crippen LogP contribution in [0.3, 0.4) is 0 Å². The molecule has 1 unspecified atom stereocenters. The van der Waals surface area contributed by atoms with Crippen LogP contribution < -0.4 is 15.4 Å². The lowest BCUT2D eigenvalue weighted by molar-refractivity contribution is -0.385. The van der Waals surface area contributed by atoms with Crippen molar-refractivity contribution in [3.63, 3.8) is 0 Å². The van der Waals surface area contributed by atoms with E-state index >= 15 is 0 Å². The molecule has 0 saturated carbocycles. The Bertz CT molecular complexity index is 818. The highest BCUT2D eigenvalue weighted by Gasteiger charge is 2.10. The topological polar surface area (TPSA) is 107 Å². The van der Waals surface area contributed by atoms with Crippen LogP contribution in [0.4, 0.5) is 5.69 Å². The first-order valence-corrected chi connectivity index (χ1v) is 9.30. The second-order valence-corrected chi connectivity index (χ2v) is 6.52. The van der Waals surface area contributed by atoms with E-state index in [0.717, 1.165) is 23.3 Å². The Labute approximate surface area is 165 Å². The van der Waals surface area contributed by atoms with Crippen molar-refractivity contribution in [2.45, 2.75) is 46.4 Å². The molecule has 0 aliphatic rings. The van der Waals surface area contributed by atoms with Gasteiger partial charge in [-0.2, -0.15) is 5.10 Å². The molecular weight excluding hydrogens is 360 g/mol. The van der Waals surface area contributed by atoms with Gasteiger partial charge in [0.1, 0.15) is 18.1 Å². The minimum atomic E-state index is -0.460. The zero-order chi connectivity index (χ0) is 20.5. The van der Waals surface area contributed by atoms with Gasteiger partial charge >= 0.3 is 5.69 Å². The number of nitrogens with zero attached hydrogens (tertiary/aromatic N) is 4. The Kier molecular flexibility index (Phi) is 7.79. The standard InChI is InChI=1S/C19H28N6O3/c1-5-15(3)28-18-10-14(2)6-7-16(18)11-22-19(20-4)21-8-9-24-13-17(12-23-24)25(26)27/h6-7,10,12-13,15H,5,8-9,11H2,1-4H3,(H2,20,21,22). The van der Waals surface area contributed by atoms with Crippen LogP contribution in [0.5, 0.6) is 5.75 Å². The number of benzene rings is 1. The molecule has 9 heteroatoms. The van der Waals surface area contributed by atoms with E-state index in [4.69, 9.17) is 4.74 Å². The SMILES string of the molecule is CCC(C)Oc1cc(C)ccc1CNC(=NC)NCCn1cc([N+](=O)[O-])cn1. The van der Waals surface area contributed by atoms with Gasteiger partial charge in [0.05, 0.1) is 17.6 Å². The minimum absolute atomic E-state index is 0.0179. The van der Waals surface area contributed by atoms with Gasteiger partial charge in [0, 0.05) is 25.7 Å². The van der Waals surface area contributed by atoms with Crippen LogP contribution in [-0.2, 0) is 13.1 Å². The molecule has 0 aliphatic heterocycles. The van der Waals surface area contributed by atoms with Crippen LogP contribution >= 0.6 is 0 Å². The number of hydrogen-bond acceptors (Lipinski definition) is 5. The summed E-state index contributed by atoms with van der Waals surface area (Å²) in [6.45, 7) is 7.78. The molecule has 2 N–H and O–H groups in total. The normalized spacial score (nSPS) is 12.5. The molecule has 1 aromatic carbocycles. The molecule has 1 aromatic heterocycles. The number of aliphatic imine (C=N–C) groups is 1. The molecule has 9 nitrogen and oxygen atoms in total. The molecule has 2 aromatic rings. The summed E-state index contributed by atoms with van der Waals surface area (Å²) in [5.74, 6) is 1.51. The van der Waals surface area contributed by atoms with Crippen molar-refractivity contribution in [1.82, 2.24) is 20.4 Å². The first kappa shape index (κ1) is 21.2. The average molecular weight is 388 g/mol. The van der Waals surface area contributed by atoms with Crippen molar-refractivity contribution in [2.75, 3.05) is 13.6 Å². The van der Waals surface area contributed by atoms with Crippen LogP contribution in [0.15, 0.2) is 35.6 Å². The fourth-order valence-corrected chi connectivity index (χ4v) is 2.48. The summed E-state index contributed by atoms with van der Waals surface area (Å²) in [6.07, 6.45) is 3.73. The molecule has 0 radical (unpaired) electrons. The van der Waals surface area contributed by atoms with Crippen LogP contribution in [0.1, 0.15) is 31.4 Å². The molecule has 0 saturated heterocycles. The molecule has 0 amide bonds. The lowest BCUT2D eigenvalue weighted by Gasteiger charge is -2.18. The number of rotatable bonds is 9. The van der Waals surface area contributed by atoms with Gasteiger partial charge in [-0.1, -0.05) is 19.1 Å². The third-order valence-corrected chi connectivity index (χ3v) is 4.26. The van der Waals surface area contributed by atoms with Gasteiger partial charge in [-0.05, 0) is 31.9 Å². The summed E-state index contributed by atoms with van der Waals surface area (Å²) in [6, 6.07) is 6.15. The molecule has 2 rings (SSSR count). The Balaban J connectivity index is 1.88. The van der Waals surface area contributed by atoms with Crippen LogP contribution in [0.2, 0.25) is 0 Å². The number of nitro groups is 1. The molecule has 152 valence electrons. The number of guanidine groups is 1. The number of aryl methyl sites for hydroxylation is 1. The second kappa shape index (κ2) is 10.3. The summed E-state index contributed by atoms with van der Waals surface area (Å²) in [5, 5.41) is 21.1. The third kappa shape index (κ3) is 6.26. The molecule has 0 aliphatic carbocycles. The number of nitrogens with one attached hydrogen (secondary N) is 2. The Morgan fingerprint density at radius 3 is 2.86 bits per heavy atom. The van der Waals surface area contributed by atoms with Crippen molar-refractivity contribution >= 4 is 11.6 Å². The van der Waals surface area contributed by atoms with Gasteiger partial charge in [0.25, 0.3) is 0 Å². The Morgan fingerprint density at radius 1 is 1.43 bits per heavy atom. The highest BCUT2D eigenvalue weighted by atomic mass is 16.6. The van der Waals surface area contributed by atoms with Crippen LogP contribution in [0.25, 0.3) is 0 Å². The molecule has 1 heterocycles. The quantitative estimate of drug-likeness (QED) is 0.296. The van der Waals surface area contributed by atoms with Crippen molar-refractivity contribution in [3.05, 3.63) is 51.8 Å². The van der Waals surface area contributed by atoms with Crippen molar-refractivity contribution in [1.29, 1.82) is 0 Å². The first-order valence-electron chi connectivity index (χ1n) is 9.30. The molecule has 0 bridgehead atoms. The van der Waals surface area contributed by atoms with Crippen molar-refractivity contribution in [2.24, 2.45) is 4.99 Å². The summed E-state index contributed by atoms with van der Waals surface area (Å²) >= 11 is 0. The number of ether oxygens (including phenoxy) is 1. The van der Waals surface area contributed by atoms with Crippen molar-refractivity contribution < 1.29 is 9.66 Å². The lowest BCUT2D eigenvalue weighted by atomic mass is 10.1. The fourth-order valence-electron chi connectivity index (χ4n) is 2.48. The maximum absolute atomic E-state index is 10.7. The lowest BCUT2D eigenvalue weighted by Crippen LogP contribution is -2.38. The zero-order valence-corrected chi connectivity index (χ0v) is 16.8. The minimum Gasteiger partial charge on any atom is -0.490 e. The largest absolute Gasteiger partial charge is 0.490 e. The van der Waals surface area contributed by atoms with Crippen LogP contribution in [-0.4, -0.2) is 40.4 Å². The van der Waals surface area contributed by atoms with E-state index < -0.39 is 4.92 Å². The molecular formula is C19H28N6O3. The van der Waals surface area contributed by atoms with E-state index in [1.165, 1.54) is 17.1 Å². The summed E-state index contributed by atoms with van der Waals surface area (Å²) in [7, 11) is 1.69. The third-order valence-electron chi connectivity index (χ3n) is 4.26. The summed E-state index contributed by atoms with van der Waals surface area (Å²) in [5.41, 5.74) is 2.19. The van der Waals surface area contributed by atoms with Gasteiger partial charge < -0.3 is 15.4 Å². The van der Waals surface area contributed by atoms with Gasteiger partial charge in [0.15, 0.2) is 5.96 Å². The average Bonchev–Trinajstić information content (AvgIpc) is 3.15. The molecule has 28 heavy (non-hydrogen) atoms. The fraction of sp³-hybridized carbons (Fsp3) is 0.474. The monoisotopic (exact) mass is 388 g/mol. The van der Waals surface area contributed by atoms with Crippen LogP contribution in [0, 0.1) is 17.0 Å². The van der Waals surface area contributed by atoms with E-state index in [1.807, 2.05) is 13.0 Å². The number of aromatic nitrogens is 2. The van der Waals surface area contributed by atoms with E-state index in [-0.39, 0.29) is 11.8 Å². The maximum Gasteiger partial charge on any atom is 0.306 e. The number of hydrogen-bond donors (Lipinski definition) is 2. The zero-order valence-electron chi connectivity index (χ0n) is 16.8. The smallest absolute Gasteiger partial charge is 0.306 e. The first-order chi connectivity index (χ1) is 13.4.